The highest BCUT2D eigenvalue weighted by molar-refractivity contribution is 7.92. The largest absolute Gasteiger partial charge is 0.492 e. The van der Waals surface area contributed by atoms with Gasteiger partial charge in [0.25, 0.3) is 0 Å². The van der Waals surface area contributed by atoms with E-state index in [1.807, 2.05) is 0 Å². The van der Waals surface area contributed by atoms with Gasteiger partial charge in [-0.05, 0) is 36.4 Å². The fourth-order valence-electron chi connectivity index (χ4n) is 2.55. The molecule has 0 bridgehead atoms. The van der Waals surface area contributed by atoms with Crippen molar-refractivity contribution in [2.75, 3.05) is 44.4 Å². The monoisotopic (exact) mass is 557 g/mol. The van der Waals surface area contributed by atoms with Gasteiger partial charge in [0.2, 0.25) is 26.0 Å². The topological polar surface area (TPSA) is 113 Å². The quantitative estimate of drug-likeness (QED) is 0.354. The van der Waals surface area contributed by atoms with Crippen LogP contribution in [0.25, 0.3) is 0 Å². The third kappa shape index (κ3) is 7.36. The third-order valence-electron chi connectivity index (χ3n) is 4.24. The summed E-state index contributed by atoms with van der Waals surface area (Å²) in [5, 5.41) is 2.80. The van der Waals surface area contributed by atoms with Crippen LogP contribution in [0.5, 0.6) is 5.75 Å². The minimum atomic E-state index is -3.86. The fourth-order valence-corrected chi connectivity index (χ4v) is 5.00. The average molecular weight is 559 g/mol. The molecule has 0 aliphatic heterocycles. The highest BCUT2D eigenvalue weighted by Crippen LogP contribution is 2.35. The predicted molar refractivity (Wildman–Crippen MR) is 129 cm³/mol. The lowest BCUT2D eigenvalue weighted by atomic mass is 10.3. The number of nitrogens with zero attached hydrogens (tertiary/aromatic N) is 2. The van der Waals surface area contributed by atoms with Gasteiger partial charge in [-0.25, -0.2) is 21.1 Å². The molecule has 0 aliphatic rings. The van der Waals surface area contributed by atoms with Crippen LogP contribution in [-0.4, -0.2) is 67.1 Å². The van der Waals surface area contributed by atoms with E-state index in [-0.39, 0.29) is 38.8 Å². The Balaban J connectivity index is 1.96. The van der Waals surface area contributed by atoms with Gasteiger partial charge in [0, 0.05) is 14.1 Å². The van der Waals surface area contributed by atoms with Gasteiger partial charge in [0.15, 0.2) is 0 Å². The van der Waals surface area contributed by atoms with E-state index in [2.05, 4.69) is 5.32 Å². The fraction of sp³-hybridized carbons (Fsp3) is 0.316. The van der Waals surface area contributed by atoms with Gasteiger partial charge in [0.05, 0.1) is 38.5 Å². The van der Waals surface area contributed by atoms with Gasteiger partial charge in [-0.15, -0.1) is 0 Å². The highest BCUT2D eigenvalue weighted by Gasteiger charge is 2.24. The number of amides is 1. The molecule has 1 N–H and O–H groups in total. The van der Waals surface area contributed by atoms with E-state index in [9.17, 15) is 21.6 Å². The molecule has 0 saturated heterocycles. The number of carbonyl (C=O) groups excluding carboxylic acids is 1. The molecule has 0 radical (unpaired) electrons. The number of benzene rings is 2. The first kappa shape index (κ1) is 27.5. The molecule has 0 saturated carbocycles. The predicted octanol–water partition coefficient (Wildman–Crippen LogP) is 2.86. The number of ether oxygens (including phenoxy) is 1. The van der Waals surface area contributed by atoms with Crippen LogP contribution >= 0.6 is 34.8 Å². The lowest BCUT2D eigenvalue weighted by Gasteiger charge is -2.23. The van der Waals surface area contributed by atoms with Crippen molar-refractivity contribution in [2.24, 2.45) is 0 Å². The van der Waals surface area contributed by atoms with Crippen molar-refractivity contribution >= 4 is 66.4 Å². The Morgan fingerprint density at radius 1 is 0.970 bits per heavy atom. The molecule has 0 atom stereocenters. The molecular formula is C19H22Cl3N3O6S2. The van der Waals surface area contributed by atoms with E-state index < -0.39 is 32.5 Å². The van der Waals surface area contributed by atoms with Crippen molar-refractivity contribution in [1.82, 2.24) is 9.62 Å². The highest BCUT2D eigenvalue weighted by atomic mass is 35.5. The number of hydrogen-bond acceptors (Lipinski definition) is 6. The van der Waals surface area contributed by atoms with Crippen molar-refractivity contribution < 1.29 is 26.4 Å². The molecule has 0 aliphatic carbocycles. The molecule has 2 aromatic rings. The van der Waals surface area contributed by atoms with Crippen LogP contribution in [-0.2, 0) is 24.8 Å². The van der Waals surface area contributed by atoms with E-state index >= 15 is 0 Å². The molecule has 2 aromatic carbocycles. The summed E-state index contributed by atoms with van der Waals surface area (Å²) in [5.74, 6) is -0.194. The maximum atomic E-state index is 12.3. The first-order chi connectivity index (χ1) is 15.2. The van der Waals surface area contributed by atoms with Gasteiger partial charge in [-0.3, -0.25) is 9.10 Å². The van der Waals surface area contributed by atoms with Gasteiger partial charge >= 0.3 is 0 Å². The van der Waals surface area contributed by atoms with Crippen molar-refractivity contribution in [3.63, 3.8) is 0 Å². The van der Waals surface area contributed by atoms with Gasteiger partial charge < -0.3 is 10.1 Å². The summed E-state index contributed by atoms with van der Waals surface area (Å²) in [6.45, 7) is -0.394. The molecule has 0 spiro atoms. The standard InChI is InChI=1S/C19H22Cl3N3O6S2/c1-24(2)33(29,30)14-6-4-13(5-7-14)31-9-8-23-19(26)12-25(32(3,27)28)18-11-16(21)15(20)10-17(18)22/h4-7,10-11H,8-9,12H2,1-3H3,(H,23,26). The summed E-state index contributed by atoms with van der Waals surface area (Å²) in [7, 11) is -4.53. The number of anilines is 1. The molecule has 0 fully saturated rings. The Morgan fingerprint density at radius 2 is 1.55 bits per heavy atom. The smallest absolute Gasteiger partial charge is 0.242 e. The Kier molecular flexibility index (Phi) is 9.25. The first-order valence-electron chi connectivity index (χ1n) is 9.28. The number of hydrogen-bond donors (Lipinski definition) is 1. The Morgan fingerprint density at radius 3 is 2.09 bits per heavy atom. The lowest BCUT2D eigenvalue weighted by Crippen LogP contribution is -2.41. The van der Waals surface area contributed by atoms with Crippen molar-refractivity contribution in [2.45, 2.75) is 4.90 Å². The van der Waals surface area contributed by atoms with E-state index in [0.717, 1.165) is 14.9 Å². The maximum absolute atomic E-state index is 12.3. The second kappa shape index (κ2) is 11.1. The summed E-state index contributed by atoms with van der Waals surface area (Å²) >= 11 is 17.9. The number of rotatable bonds is 10. The lowest BCUT2D eigenvalue weighted by molar-refractivity contribution is -0.119. The van der Waals surface area contributed by atoms with E-state index in [1.165, 1.54) is 50.5 Å². The summed E-state index contributed by atoms with van der Waals surface area (Å²) in [5.41, 5.74) is 0.0210. The van der Waals surface area contributed by atoms with Crippen LogP contribution in [0.2, 0.25) is 15.1 Å². The van der Waals surface area contributed by atoms with E-state index in [4.69, 9.17) is 39.5 Å². The molecule has 14 heteroatoms. The van der Waals surface area contributed by atoms with Crippen LogP contribution in [0.4, 0.5) is 5.69 Å². The molecule has 0 heterocycles. The average Bonchev–Trinajstić information content (AvgIpc) is 2.72. The summed E-state index contributed by atoms with van der Waals surface area (Å²) in [6.07, 6.45) is 0.933. The number of halogens is 3. The van der Waals surface area contributed by atoms with Crippen LogP contribution in [0.1, 0.15) is 0 Å². The number of carbonyl (C=O) groups is 1. The number of nitrogens with one attached hydrogen (secondary N) is 1. The van der Waals surface area contributed by atoms with Crippen LogP contribution in [0.3, 0.4) is 0 Å². The van der Waals surface area contributed by atoms with Crippen LogP contribution in [0, 0.1) is 0 Å². The van der Waals surface area contributed by atoms with Crippen LogP contribution in [0.15, 0.2) is 41.3 Å². The maximum Gasteiger partial charge on any atom is 0.242 e. The van der Waals surface area contributed by atoms with Gasteiger partial charge in [-0.2, -0.15) is 0 Å². The van der Waals surface area contributed by atoms with Crippen LogP contribution < -0.4 is 14.4 Å². The summed E-state index contributed by atoms with van der Waals surface area (Å²) < 4.78 is 56.0. The minimum absolute atomic E-state index is 0.0192. The summed E-state index contributed by atoms with van der Waals surface area (Å²) in [6, 6.07) is 8.37. The van der Waals surface area contributed by atoms with E-state index in [1.54, 1.807) is 0 Å². The molecule has 33 heavy (non-hydrogen) atoms. The minimum Gasteiger partial charge on any atom is -0.492 e. The zero-order chi connectivity index (χ0) is 25.0. The van der Waals surface area contributed by atoms with Gasteiger partial charge in [-0.1, -0.05) is 34.8 Å². The molecular weight excluding hydrogens is 537 g/mol. The van der Waals surface area contributed by atoms with E-state index in [0.29, 0.717) is 5.75 Å². The molecule has 2 rings (SSSR count). The SMILES string of the molecule is CN(C)S(=O)(=O)c1ccc(OCCNC(=O)CN(c2cc(Cl)c(Cl)cc2Cl)S(C)(=O)=O)cc1. The third-order valence-corrected chi connectivity index (χ3v) is 8.22. The molecule has 0 unspecified atom stereocenters. The molecule has 0 aromatic heterocycles. The Labute approximate surface area is 208 Å². The first-order valence-corrected chi connectivity index (χ1v) is 13.7. The van der Waals surface area contributed by atoms with Crippen molar-refractivity contribution in [3.8, 4) is 5.75 Å². The zero-order valence-electron chi connectivity index (χ0n) is 17.9. The van der Waals surface area contributed by atoms with Crippen molar-refractivity contribution in [1.29, 1.82) is 0 Å². The number of sulfonamides is 2. The molecule has 182 valence electrons. The van der Waals surface area contributed by atoms with Gasteiger partial charge in [0.1, 0.15) is 18.9 Å². The second-order valence-electron chi connectivity index (χ2n) is 6.94. The zero-order valence-corrected chi connectivity index (χ0v) is 21.8. The van der Waals surface area contributed by atoms with Crippen molar-refractivity contribution in [3.05, 3.63) is 51.5 Å². The Hall–Kier alpha value is -1.76. The molecule has 9 nitrogen and oxygen atoms in total. The second-order valence-corrected chi connectivity index (χ2v) is 12.2. The molecule has 1 amide bonds. The normalized spacial score (nSPS) is 12.0. The Bertz CT molecular complexity index is 1220. The summed E-state index contributed by atoms with van der Waals surface area (Å²) in [4.78, 5) is 12.4.